The van der Waals surface area contributed by atoms with Crippen LogP contribution < -0.4 is 5.32 Å². The second kappa shape index (κ2) is 7.09. The van der Waals surface area contributed by atoms with Crippen LogP contribution in [0, 0.1) is 5.92 Å². The summed E-state index contributed by atoms with van der Waals surface area (Å²) in [7, 11) is 1.56. The van der Waals surface area contributed by atoms with Crippen LogP contribution in [0.25, 0.3) is 0 Å². The van der Waals surface area contributed by atoms with Gasteiger partial charge in [0, 0.05) is 19.8 Å². The number of rotatable bonds is 5. The molecule has 1 aromatic heterocycles. The van der Waals surface area contributed by atoms with Crippen LogP contribution in [0.15, 0.2) is 18.3 Å². The van der Waals surface area contributed by atoms with Crippen LogP contribution in [-0.4, -0.2) is 41.8 Å². The largest absolute Gasteiger partial charge is 0.354 e. The Morgan fingerprint density at radius 1 is 1.47 bits per heavy atom. The first-order chi connectivity index (χ1) is 8.91. The van der Waals surface area contributed by atoms with Crippen molar-refractivity contribution in [2.75, 3.05) is 20.1 Å². The Labute approximate surface area is 118 Å². The Morgan fingerprint density at radius 3 is 2.74 bits per heavy atom. The van der Waals surface area contributed by atoms with Gasteiger partial charge in [-0.3, -0.25) is 9.59 Å². The number of likely N-dealkylation sites (N-methyl/N-ethyl adjacent to an activating group) is 1. The highest BCUT2D eigenvalue weighted by molar-refractivity contribution is 6.32. The van der Waals surface area contributed by atoms with E-state index in [0.29, 0.717) is 18.0 Å². The monoisotopic (exact) mass is 283 g/mol. The van der Waals surface area contributed by atoms with E-state index in [2.05, 4.69) is 10.3 Å². The first-order valence-corrected chi connectivity index (χ1v) is 6.42. The molecule has 0 aliphatic rings. The molecule has 0 saturated heterocycles. The van der Waals surface area contributed by atoms with Crippen LogP contribution in [0.2, 0.25) is 5.15 Å². The van der Waals surface area contributed by atoms with Crippen molar-refractivity contribution in [2.24, 2.45) is 5.92 Å². The molecule has 0 fully saturated rings. The molecular weight excluding hydrogens is 266 g/mol. The summed E-state index contributed by atoms with van der Waals surface area (Å²) in [5.74, 6) is -0.139. The summed E-state index contributed by atoms with van der Waals surface area (Å²) in [6.45, 7) is 4.60. The van der Waals surface area contributed by atoms with Crippen LogP contribution in [0.1, 0.15) is 24.2 Å². The molecule has 0 aliphatic carbocycles. The van der Waals surface area contributed by atoms with Gasteiger partial charge in [0.2, 0.25) is 5.91 Å². The zero-order chi connectivity index (χ0) is 14.4. The van der Waals surface area contributed by atoms with Gasteiger partial charge in [-0.1, -0.05) is 25.4 Å². The lowest BCUT2D eigenvalue weighted by atomic mass is 10.2. The summed E-state index contributed by atoms with van der Waals surface area (Å²) >= 11 is 5.84. The van der Waals surface area contributed by atoms with E-state index in [-0.39, 0.29) is 23.5 Å². The molecule has 2 amide bonds. The standard InChI is InChI=1S/C13H18ClN3O2/c1-9(2)7-16-11(18)8-17(3)13(19)10-5-4-6-15-12(10)14/h4-6,9H,7-8H2,1-3H3,(H,16,18). The van der Waals surface area contributed by atoms with Gasteiger partial charge in [0.1, 0.15) is 5.15 Å². The fourth-order valence-corrected chi connectivity index (χ4v) is 1.61. The predicted molar refractivity (Wildman–Crippen MR) is 74.1 cm³/mol. The highest BCUT2D eigenvalue weighted by Crippen LogP contribution is 2.13. The van der Waals surface area contributed by atoms with E-state index in [9.17, 15) is 9.59 Å². The van der Waals surface area contributed by atoms with Gasteiger partial charge in [-0.05, 0) is 18.1 Å². The van der Waals surface area contributed by atoms with Crippen LogP contribution in [0.3, 0.4) is 0 Å². The zero-order valence-electron chi connectivity index (χ0n) is 11.3. The summed E-state index contributed by atoms with van der Waals surface area (Å²) in [5, 5.41) is 2.89. The molecule has 1 heterocycles. The third kappa shape index (κ3) is 4.87. The lowest BCUT2D eigenvalue weighted by Gasteiger charge is -2.17. The maximum absolute atomic E-state index is 12.1. The molecule has 0 atom stereocenters. The number of halogens is 1. The molecule has 0 spiro atoms. The number of hydrogen-bond acceptors (Lipinski definition) is 3. The number of carbonyl (C=O) groups is 2. The minimum Gasteiger partial charge on any atom is -0.354 e. The van der Waals surface area contributed by atoms with E-state index in [4.69, 9.17) is 11.6 Å². The van der Waals surface area contributed by atoms with Crippen LogP contribution in [0.5, 0.6) is 0 Å². The first-order valence-electron chi connectivity index (χ1n) is 6.04. The van der Waals surface area contributed by atoms with E-state index in [0.717, 1.165) is 0 Å². The lowest BCUT2D eigenvalue weighted by Crippen LogP contribution is -2.39. The second-order valence-corrected chi connectivity index (χ2v) is 5.06. The third-order valence-corrected chi connectivity index (χ3v) is 2.73. The van der Waals surface area contributed by atoms with Gasteiger partial charge in [0.05, 0.1) is 12.1 Å². The minimum atomic E-state index is -0.321. The average molecular weight is 284 g/mol. The van der Waals surface area contributed by atoms with Gasteiger partial charge >= 0.3 is 0 Å². The van der Waals surface area contributed by atoms with E-state index in [1.54, 1.807) is 19.2 Å². The highest BCUT2D eigenvalue weighted by Gasteiger charge is 2.17. The molecule has 1 aromatic rings. The van der Waals surface area contributed by atoms with Crippen molar-refractivity contribution in [1.29, 1.82) is 0 Å². The number of aromatic nitrogens is 1. The zero-order valence-corrected chi connectivity index (χ0v) is 12.1. The molecule has 0 bridgehead atoms. The molecule has 104 valence electrons. The van der Waals surface area contributed by atoms with Crippen molar-refractivity contribution >= 4 is 23.4 Å². The van der Waals surface area contributed by atoms with Gasteiger partial charge in [-0.2, -0.15) is 0 Å². The molecule has 0 radical (unpaired) electrons. The third-order valence-electron chi connectivity index (χ3n) is 2.42. The van der Waals surface area contributed by atoms with E-state index >= 15 is 0 Å². The molecule has 0 saturated carbocycles. The molecular formula is C13H18ClN3O2. The quantitative estimate of drug-likeness (QED) is 0.835. The van der Waals surface area contributed by atoms with Crippen molar-refractivity contribution in [2.45, 2.75) is 13.8 Å². The Kier molecular flexibility index (Phi) is 5.76. The molecule has 0 aliphatic heterocycles. The first kappa shape index (κ1) is 15.4. The van der Waals surface area contributed by atoms with Crippen LogP contribution in [-0.2, 0) is 4.79 Å². The smallest absolute Gasteiger partial charge is 0.257 e. The van der Waals surface area contributed by atoms with Gasteiger partial charge < -0.3 is 10.2 Å². The van der Waals surface area contributed by atoms with Gasteiger partial charge in [0.15, 0.2) is 0 Å². The molecule has 1 N–H and O–H groups in total. The molecule has 6 heteroatoms. The number of nitrogens with zero attached hydrogens (tertiary/aromatic N) is 2. The summed E-state index contributed by atoms with van der Waals surface area (Å²) in [4.78, 5) is 28.8. The van der Waals surface area contributed by atoms with Crippen molar-refractivity contribution in [3.63, 3.8) is 0 Å². The SMILES string of the molecule is CC(C)CNC(=O)CN(C)C(=O)c1cccnc1Cl. The fraction of sp³-hybridized carbons (Fsp3) is 0.462. The topological polar surface area (TPSA) is 62.3 Å². The summed E-state index contributed by atoms with van der Waals surface area (Å²) < 4.78 is 0. The number of pyridine rings is 1. The molecule has 19 heavy (non-hydrogen) atoms. The minimum absolute atomic E-state index is 0.00320. The Balaban J connectivity index is 2.58. The summed E-state index contributed by atoms with van der Waals surface area (Å²) in [6.07, 6.45) is 1.51. The number of hydrogen-bond donors (Lipinski definition) is 1. The van der Waals surface area contributed by atoms with Crippen molar-refractivity contribution in [1.82, 2.24) is 15.2 Å². The number of amides is 2. The maximum Gasteiger partial charge on any atom is 0.257 e. The van der Waals surface area contributed by atoms with Gasteiger partial charge in [-0.15, -0.1) is 0 Å². The van der Waals surface area contributed by atoms with E-state index < -0.39 is 0 Å². The molecule has 5 nitrogen and oxygen atoms in total. The molecule has 1 rings (SSSR count). The molecule has 0 aromatic carbocycles. The Hall–Kier alpha value is -1.62. The number of carbonyl (C=O) groups excluding carboxylic acids is 2. The van der Waals surface area contributed by atoms with E-state index in [1.165, 1.54) is 11.1 Å². The normalized spacial score (nSPS) is 10.4. The molecule has 0 unspecified atom stereocenters. The van der Waals surface area contributed by atoms with Crippen LogP contribution in [0.4, 0.5) is 0 Å². The summed E-state index contributed by atoms with van der Waals surface area (Å²) in [5.41, 5.74) is 0.295. The Morgan fingerprint density at radius 2 is 2.16 bits per heavy atom. The van der Waals surface area contributed by atoms with Crippen molar-refractivity contribution in [3.8, 4) is 0 Å². The average Bonchev–Trinajstić information content (AvgIpc) is 2.36. The van der Waals surface area contributed by atoms with Gasteiger partial charge in [-0.25, -0.2) is 4.98 Å². The Bertz CT molecular complexity index is 463. The maximum atomic E-state index is 12.1. The van der Waals surface area contributed by atoms with Crippen molar-refractivity contribution < 1.29 is 9.59 Å². The second-order valence-electron chi connectivity index (χ2n) is 4.70. The van der Waals surface area contributed by atoms with Gasteiger partial charge in [0.25, 0.3) is 5.91 Å². The lowest BCUT2D eigenvalue weighted by molar-refractivity contribution is -0.121. The van der Waals surface area contributed by atoms with Crippen molar-refractivity contribution in [3.05, 3.63) is 29.0 Å². The highest BCUT2D eigenvalue weighted by atomic mass is 35.5. The fourth-order valence-electron chi connectivity index (χ4n) is 1.41. The van der Waals surface area contributed by atoms with Crippen LogP contribution >= 0.6 is 11.6 Å². The predicted octanol–water partition coefficient (Wildman–Crippen LogP) is 1.58. The summed E-state index contributed by atoms with van der Waals surface area (Å²) in [6, 6.07) is 3.21. The number of nitrogens with one attached hydrogen (secondary N) is 1. The van der Waals surface area contributed by atoms with E-state index in [1.807, 2.05) is 13.8 Å².